The van der Waals surface area contributed by atoms with Crippen LogP contribution < -0.4 is 13.3 Å². The Bertz CT molecular complexity index is 930. The van der Waals surface area contributed by atoms with Crippen molar-refractivity contribution in [1.29, 1.82) is 5.26 Å². The van der Waals surface area contributed by atoms with Crippen LogP contribution in [0.1, 0.15) is 21.6 Å². The van der Waals surface area contributed by atoms with Gasteiger partial charge in [-0.3, -0.25) is 0 Å². The number of carbonyl (C=O) groups excluding carboxylic acids is 1. The monoisotopic (exact) mass is 395 g/mol. The summed E-state index contributed by atoms with van der Waals surface area (Å²) in [4.78, 5) is 16.8. The maximum atomic E-state index is 12.5. The van der Waals surface area contributed by atoms with E-state index in [2.05, 4.69) is 16.4 Å². The van der Waals surface area contributed by atoms with Gasteiger partial charge < -0.3 is 0 Å². The number of rotatable bonds is 4. The number of nitrogens with zero attached hydrogens (tertiary/aromatic N) is 2. The third kappa shape index (κ3) is 3.91. The zero-order valence-corrected chi connectivity index (χ0v) is 15.8. The molecule has 1 heterocycles. The van der Waals surface area contributed by atoms with Gasteiger partial charge in [0.05, 0.1) is 0 Å². The maximum absolute atomic E-state index is 12.5. The summed E-state index contributed by atoms with van der Waals surface area (Å²) in [5, 5.41) is 11.9. The van der Waals surface area contributed by atoms with Crippen molar-refractivity contribution in [1.82, 2.24) is 4.98 Å². The molecular formula is C18H14AsN3OS. The van der Waals surface area contributed by atoms with E-state index in [1.807, 2.05) is 49.4 Å². The summed E-state index contributed by atoms with van der Waals surface area (Å²) in [6.07, 6.45) is 0. The molecule has 1 N–H and O–H groups in total. The van der Waals surface area contributed by atoms with Crippen molar-refractivity contribution in [2.75, 3.05) is 5.32 Å². The summed E-state index contributed by atoms with van der Waals surface area (Å²) in [7, 11) is 0. The average Bonchev–Trinajstić information content (AvgIpc) is 3.03. The van der Waals surface area contributed by atoms with Gasteiger partial charge in [0.25, 0.3) is 0 Å². The van der Waals surface area contributed by atoms with Crippen LogP contribution in [0.4, 0.5) is 5.69 Å². The third-order valence-corrected chi connectivity index (χ3v) is 7.45. The predicted molar refractivity (Wildman–Crippen MR) is 98.8 cm³/mol. The van der Waals surface area contributed by atoms with Crippen LogP contribution in [0, 0.1) is 18.3 Å². The van der Waals surface area contributed by atoms with E-state index in [1.54, 1.807) is 11.6 Å². The predicted octanol–water partition coefficient (Wildman–Crippen LogP) is 1.96. The molecule has 1 aromatic heterocycles. The number of nitrogens with one attached hydrogen (secondary N) is 1. The van der Waals surface area contributed by atoms with Crippen LogP contribution >= 0.6 is 11.3 Å². The molecule has 0 bridgehead atoms. The number of amides is 1. The van der Waals surface area contributed by atoms with Crippen LogP contribution in [-0.4, -0.2) is 26.6 Å². The summed E-state index contributed by atoms with van der Waals surface area (Å²) in [5.74, 6) is -0.183. The van der Waals surface area contributed by atoms with Gasteiger partial charge in [0, 0.05) is 0 Å². The second kappa shape index (κ2) is 7.44. The Morgan fingerprint density at radius 2 is 2.08 bits per heavy atom. The van der Waals surface area contributed by atoms with Crippen molar-refractivity contribution in [2.24, 2.45) is 0 Å². The van der Waals surface area contributed by atoms with E-state index in [0.29, 0.717) is 11.3 Å². The minimum atomic E-state index is -0.705. The molecular weight excluding hydrogens is 381 g/mol. The Hall–Kier alpha value is -2.41. The van der Waals surface area contributed by atoms with Gasteiger partial charge in [-0.1, -0.05) is 0 Å². The number of thiazole rings is 1. The van der Waals surface area contributed by atoms with E-state index in [4.69, 9.17) is 5.26 Å². The Labute approximate surface area is 150 Å². The molecule has 3 aromatic rings. The number of benzene rings is 2. The van der Waals surface area contributed by atoms with Gasteiger partial charge in [0.2, 0.25) is 0 Å². The van der Waals surface area contributed by atoms with Gasteiger partial charge in [-0.2, -0.15) is 0 Å². The Morgan fingerprint density at radius 1 is 1.25 bits per heavy atom. The van der Waals surface area contributed by atoms with Gasteiger partial charge in [0.15, 0.2) is 0 Å². The molecule has 4 nitrogen and oxygen atoms in total. The SMILES string of the molecule is Cc1cccc(NC(=O)c2ncsc2[AsH]c2cccc(C#N)c2)c1. The van der Waals surface area contributed by atoms with Crippen LogP contribution in [0.15, 0.2) is 54.0 Å². The second-order valence-corrected chi connectivity index (χ2v) is 9.57. The molecule has 1 amide bonds. The first-order valence-electron chi connectivity index (χ1n) is 7.24. The molecule has 24 heavy (non-hydrogen) atoms. The van der Waals surface area contributed by atoms with Gasteiger partial charge in [-0.25, -0.2) is 0 Å². The standard InChI is InChI=1S/C18H14AsN3OS/c1-12-4-2-7-15(8-12)22-18(23)16-17(24-11-21-16)19-14-6-3-5-13(9-14)10-20/h2-9,11,19H,1H3,(H,22,23). The van der Waals surface area contributed by atoms with Crippen LogP contribution in [0.2, 0.25) is 0 Å². The average molecular weight is 395 g/mol. The molecule has 2 aromatic carbocycles. The van der Waals surface area contributed by atoms with Crippen LogP contribution in [0.25, 0.3) is 0 Å². The van der Waals surface area contributed by atoms with Crippen molar-refractivity contribution in [3.8, 4) is 6.07 Å². The first-order chi connectivity index (χ1) is 11.7. The summed E-state index contributed by atoms with van der Waals surface area (Å²) in [5.41, 5.74) is 4.70. The van der Waals surface area contributed by atoms with Crippen LogP contribution in [0.3, 0.4) is 0 Å². The molecule has 6 heteroatoms. The van der Waals surface area contributed by atoms with E-state index < -0.39 is 15.8 Å². The van der Waals surface area contributed by atoms with E-state index in [9.17, 15) is 4.79 Å². The molecule has 0 radical (unpaired) electrons. The quantitative estimate of drug-likeness (QED) is 0.687. The van der Waals surface area contributed by atoms with Crippen molar-refractivity contribution >= 4 is 46.7 Å². The van der Waals surface area contributed by atoms with Crippen molar-refractivity contribution in [2.45, 2.75) is 6.92 Å². The normalized spacial score (nSPS) is 10.7. The number of nitriles is 1. The third-order valence-electron chi connectivity index (χ3n) is 3.31. The fourth-order valence-electron chi connectivity index (χ4n) is 2.21. The number of anilines is 1. The second-order valence-electron chi connectivity index (χ2n) is 5.17. The molecule has 0 saturated carbocycles. The topological polar surface area (TPSA) is 65.8 Å². The number of aryl methyl sites for hydroxylation is 1. The summed E-state index contributed by atoms with van der Waals surface area (Å²) < 4.78 is 2.12. The molecule has 0 spiro atoms. The zero-order valence-electron chi connectivity index (χ0n) is 12.9. The van der Waals surface area contributed by atoms with Crippen LogP contribution in [0.5, 0.6) is 0 Å². The molecule has 3 rings (SSSR count). The Kier molecular flexibility index (Phi) is 5.10. The number of hydrogen-bond donors (Lipinski definition) is 1. The van der Waals surface area contributed by atoms with Gasteiger partial charge >= 0.3 is 151 Å². The molecule has 1 unspecified atom stereocenters. The van der Waals surface area contributed by atoms with E-state index in [-0.39, 0.29) is 5.91 Å². The van der Waals surface area contributed by atoms with Gasteiger partial charge in [-0.15, -0.1) is 0 Å². The number of aromatic nitrogens is 1. The zero-order chi connectivity index (χ0) is 16.9. The molecule has 0 aliphatic rings. The first-order valence-corrected chi connectivity index (χ1v) is 10.2. The number of hydrogen-bond acceptors (Lipinski definition) is 4. The number of carbonyl (C=O) groups is 1. The summed E-state index contributed by atoms with van der Waals surface area (Å²) >= 11 is 0.796. The Morgan fingerprint density at radius 3 is 2.88 bits per heavy atom. The van der Waals surface area contributed by atoms with Crippen molar-refractivity contribution in [3.63, 3.8) is 0 Å². The van der Waals surface area contributed by atoms with Gasteiger partial charge in [0.1, 0.15) is 0 Å². The van der Waals surface area contributed by atoms with E-state index in [0.717, 1.165) is 19.3 Å². The summed E-state index contributed by atoms with van der Waals surface area (Å²) in [6.45, 7) is 1.98. The minimum absolute atomic E-state index is 0.183. The van der Waals surface area contributed by atoms with E-state index in [1.165, 1.54) is 11.3 Å². The first kappa shape index (κ1) is 16.4. The van der Waals surface area contributed by atoms with Crippen LogP contribution in [-0.2, 0) is 0 Å². The molecule has 1 atom stereocenters. The fourth-order valence-corrected chi connectivity index (χ4v) is 6.13. The Balaban J connectivity index is 1.79. The molecule has 0 aliphatic heterocycles. The van der Waals surface area contributed by atoms with Crippen molar-refractivity contribution < 1.29 is 4.79 Å². The molecule has 0 aliphatic carbocycles. The van der Waals surface area contributed by atoms with E-state index >= 15 is 0 Å². The fraction of sp³-hybridized carbons (Fsp3) is 0.0556. The van der Waals surface area contributed by atoms with Gasteiger partial charge in [-0.05, 0) is 0 Å². The molecule has 0 fully saturated rings. The molecule has 118 valence electrons. The van der Waals surface area contributed by atoms with Crippen molar-refractivity contribution in [3.05, 3.63) is 70.9 Å². The molecule has 0 saturated heterocycles. The summed E-state index contributed by atoms with van der Waals surface area (Å²) in [6, 6.07) is 17.4.